The predicted octanol–water partition coefficient (Wildman–Crippen LogP) is 5.78. The Labute approximate surface area is 249 Å². The molecule has 5 atom stereocenters. The Morgan fingerprint density at radius 3 is 2.80 bits per heavy atom. The fraction of sp³-hybridized carbons (Fsp3) is 0.655. The molecule has 0 aromatic carbocycles. The van der Waals surface area contributed by atoms with E-state index in [9.17, 15) is 4.79 Å². The van der Waals surface area contributed by atoms with Gasteiger partial charge in [0.05, 0.1) is 29.2 Å². The van der Waals surface area contributed by atoms with Crippen LogP contribution < -0.4 is 4.90 Å². The minimum absolute atomic E-state index is 0.0518. The molecule has 2 saturated heterocycles. The lowest BCUT2D eigenvalue weighted by molar-refractivity contribution is -0.159. The number of hydrogen-bond donors (Lipinski definition) is 0. The molecule has 3 aromatic heterocycles. The Bertz CT molecular complexity index is 1380. The summed E-state index contributed by atoms with van der Waals surface area (Å²) in [6.45, 7) is 12.8. The Morgan fingerprint density at radius 2 is 2.05 bits per heavy atom. The van der Waals surface area contributed by atoms with Gasteiger partial charge in [0, 0.05) is 38.3 Å². The molecule has 0 bridgehead atoms. The number of carbonyl (C=O) groups is 1. The van der Waals surface area contributed by atoms with Crippen molar-refractivity contribution in [1.82, 2.24) is 24.4 Å². The second-order valence-corrected chi connectivity index (χ2v) is 14.2. The van der Waals surface area contributed by atoms with E-state index in [1.165, 1.54) is 6.33 Å². The zero-order chi connectivity index (χ0) is 28.9. The molecule has 3 fully saturated rings. The second-order valence-electron chi connectivity index (χ2n) is 12.9. The molecule has 0 unspecified atom stereocenters. The molecule has 12 heteroatoms. The number of halogens is 1. The van der Waals surface area contributed by atoms with E-state index in [-0.39, 0.29) is 30.3 Å². The largest absolute Gasteiger partial charge is 0.444 e. The average molecular weight is 603 g/mol. The zero-order valence-electron chi connectivity index (χ0n) is 24.3. The maximum atomic E-state index is 12.8. The van der Waals surface area contributed by atoms with Crippen molar-refractivity contribution in [3.05, 3.63) is 35.5 Å². The third kappa shape index (κ3) is 6.04. The van der Waals surface area contributed by atoms with Crippen LogP contribution in [-0.4, -0.2) is 80.3 Å². The number of hydrogen-bond acceptors (Lipinski definition) is 9. The summed E-state index contributed by atoms with van der Waals surface area (Å²) in [7, 11) is 0. The van der Waals surface area contributed by atoms with Crippen LogP contribution in [0, 0.1) is 11.8 Å². The third-order valence-electron chi connectivity index (χ3n) is 8.20. The fourth-order valence-corrected chi connectivity index (χ4v) is 7.48. The van der Waals surface area contributed by atoms with E-state index < -0.39 is 11.4 Å². The Hall–Kier alpha value is -2.47. The van der Waals surface area contributed by atoms with Crippen LogP contribution in [0.15, 0.2) is 30.3 Å². The minimum Gasteiger partial charge on any atom is -0.444 e. The number of fused-ring (bicyclic) bond motifs is 2. The van der Waals surface area contributed by atoms with E-state index in [0.717, 1.165) is 54.9 Å². The predicted molar refractivity (Wildman–Crippen MR) is 158 cm³/mol. The number of aromatic nitrogens is 4. The summed E-state index contributed by atoms with van der Waals surface area (Å²) in [5.74, 6) is -0.126. The van der Waals surface area contributed by atoms with Crippen LogP contribution in [0.2, 0.25) is 5.15 Å². The van der Waals surface area contributed by atoms with Crippen molar-refractivity contribution in [1.29, 1.82) is 0 Å². The van der Waals surface area contributed by atoms with Gasteiger partial charge in [0.15, 0.2) is 5.79 Å². The van der Waals surface area contributed by atoms with Crippen LogP contribution in [0.5, 0.6) is 0 Å². The highest BCUT2D eigenvalue weighted by molar-refractivity contribution is 7.13. The van der Waals surface area contributed by atoms with Gasteiger partial charge in [-0.15, -0.1) is 11.3 Å². The quantitative estimate of drug-likeness (QED) is 0.328. The fourth-order valence-electron chi connectivity index (χ4n) is 6.64. The minimum atomic E-state index is -0.672. The van der Waals surface area contributed by atoms with Crippen molar-refractivity contribution < 1.29 is 19.0 Å². The van der Waals surface area contributed by atoms with Crippen molar-refractivity contribution in [3.63, 3.8) is 0 Å². The topological polar surface area (TPSA) is 94.8 Å². The number of ether oxygens (including phenoxy) is 3. The van der Waals surface area contributed by atoms with E-state index in [2.05, 4.69) is 24.4 Å². The van der Waals surface area contributed by atoms with Gasteiger partial charge in [0.2, 0.25) is 0 Å². The first kappa shape index (κ1) is 28.6. The van der Waals surface area contributed by atoms with Crippen LogP contribution in [0.3, 0.4) is 0 Å². The summed E-state index contributed by atoms with van der Waals surface area (Å²) in [6.07, 6.45) is 8.00. The lowest BCUT2D eigenvalue weighted by Crippen LogP contribution is -2.46. The SMILES string of the molecule is CC(C)(C)OC(=O)N1CCC[C@H](CN(C[C@H]2C[C@@H](n3ccc4c(Cl)ncnc43)[C@@H]3OC(C)(C)O[C@H]23)c2cncs2)C1. The molecule has 6 rings (SSSR count). The van der Waals surface area contributed by atoms with Gasteiger partial charge >= 0.3 is 6.09 Å². The molecule has 5 heterocycles. The normalized spacial score (nSPS) is 27.8. The summed E-state index contributed by atoms with van der Waals surface area (Å²) in [4.78, 5) is 30.2. The molecule has 3 aromatic rings. The van der Waals surface area contributed by atoms with Gasteiger partial charge in [-0.05, 0) is 65.9 Å². The Balaban J connectivity index is 1.22. The van der Waals surface area contributed by atoms with E-state index in [1.807, 2.05) is 63.5 Å². The first-order valence-electron chi connectivity index (χ1n) is 14.4. The summed E-state index contributed by atoms with van der Waals surface area (Å²) < 4.78 is 20.9. The third-order valence-corrected chi connectivity index (χ3v) is 9.34. The molecule has 41 heavy (non-hydrogen) atoms. The molecule has 0 radical (unpaired) electrons. The van der Waals surface area contributed by atoms with Crippen molar-refractivity contribution >= 4 is 45.1 Å². The molecule has 0 spiro atoms. The summed E-state index contributed by atoms with van der Waals surface area (Å²) in [5.41, 5.74) is 2.18. The summed E-state index contributed by atoms with van der Waals surface area (Å²) in [5, 5.41) is 2.42. The average Bonchev–Trinajstić information content (AvgIpc) is 3.68. The van der Waals surface area contributed by atoms with Gasteiger partial charge in [0.25, 0.3) is 0 Å². The molecule has 10 nitrogen and oxygen atoms in total. The van der Waals surface area contributed by atoms with Crippen LogP contribution in [0.4, 0.5) is 9.80 Å². The second kappa shape index (κ2) is 11.0. The smallest absolute Gasteiger partial charge is 0.410 e. The number of thiazole rings is 1. The summed E-state index contributed by atoms with van der Waals surface area (Å²) in [6, 6.07) is 2.03. The molecule has 0 N–H and O–H groups in total. The number of carbonyl (C=O) groups excluding carboxylic acids is 1. The van der Waals surface area contributed by atoms with E-state index >= 15 is 0 Å². The standard InChI is InChI=1S/C29H39ClN6O4S/c1-28(2,3)40-27(37)34-9-6-7-18(13-34)14-35(22-12-31-17-41-22)15-19-11-21(24-23(19)38-29(4,5)39-24)36-10-8-20-25(30)32-16-33-26(20)36/h8,10,12,16-19,21,23-24H,6-7,9,11,13-15H2,1-5H3/t18-,19+,21+,23+,24-/m0/s1. The van der Waals surface area contributed by atoms with E-state index in [0.29, 0.717) is 17.6 Å². The molecular weight excluding hydrogens is 564 g/mol. The molecule has 1 saturated carbocycles. The lowest BCUT2D eigenvalue weighted by Gasteiger charge is -2.37. The Kier molecular flexibility index (Phi) is 7.67. The number of piperidine rings is 1. The molecule has 1 amide bonds. The molecule has 3 aliphatic rings. The Morgan fingerprint density at radius 1 is 1.24 bits per heavy atom. The van der Waals surface area contributed by atoms with Gasteiger partial charge in [-0.2, -0.15) is 0 Å². The number of likely N-dealkylation sites (tertiary alicyclic amines) is 1. The van der Waals surface area contributed by atoms with Crippen molar-refractivity contribution in [2.75, 3.05) is 31.1 Å². The monoisotopic (exact) mass is 602 g/mol. The highest BCUT2D eigenvalue weighted by Gasteiger charge is 2.55. The van der Waals surface area contributed by atoms with Crippen molar-refractivity contribution in [2.45, 2.75) is 83.5 Å². The molecule has 222 valence electrons. The van der Waals surface area contributed by atoms with Gasteiger partial charge in [-0.25, -0.2) is 14.8 Å². The lowest BCUT2D eigenvalue weighted by atomic mass is 9.96. The van der Waals surface area contributed by atoms with Gasteiger partial charge < -0.3 is 28.6 Å². The summed E-state index contributed by atoms with van der Waals surface area (Å²) >= 11 is 8.02. The van der Waals surface area contributed by atoms with Crippen LogP contribution in [0.1, 0.15) is 59.9 Å². The number of rotatable bonds is 6. The van der Waals surface area contributed by atoms with Crippen LogP contribution in [-0.2, 0) is 14.2 Å². The molecule has 2 aliphatic heterocycles. The first-order chi connectivity index (χ1) is 19.5. The zero-order valence-corrected chi connectivity index (χ0v) is 25.9. The van der Waals surface area contributed by atoms with E-state index in [1.54, 1.807) is 11.3 Å². The van der Waals surface area contributed by atoms with Gasteiger partial charge in [0.1, 0.15) is 33.8 Å². The highest BCUT2D eigenvalue weighted by Crippen LogP contribution is 2.48. The first-order valence-corrected chi connectivity index (χ1v) is 15.7. The molecular formula is C29H39ClN6O4S. The van der Waals surface area contributed by atoms with Gasteiger partial charge in [-0.3, -0.25) is 4.98 Å². The number of amides is 1. The number of anilines is 1. The van der Waals surface area contributed by atoms with Crippen molar-refractivity contribution in [2.24, 2.45) is 11.8 Å². The highest BCUT2D eigenvalue weighted by atomic mass is 35.5. The molecule has 1 aliphatic carbocycles. The van der Waals surface area contributed by atoms with Gasteiger partial charge in [-0.1, -0.05) is 11.6 Å². The van der Waals surface area contributed by atoms with E-state index in [4.69, 9.17) is 25.8 Å². The maximum Gasteiger partial charge on any atom is 0.410 e. The van der Waals surface area contributed by atoms with Crippen LogP contribution >= 0.6 is 22.9 Å². The van der Waals surface area contributed by atoms with Crippen molar-refractivity contribution in [3.8, 4) is 0 Å². The maximum absolute atomic E-state index is 12.8. The number of nitrogens with zero attached hydrogens (tertiary/aromatic N) is 6. The van der Waals surface area contributed by atoms with Crippen LogP contribution in [0.25, 0.3) is 11.0 Å².